The Bertz CT molecular complexity index is 506. The van der Waals surface area contributed by atoms with Crippen LogP contribution in [0.2, 0.25) is 0 Å². The van der Waals surface area contributed by atoms with Gasteiger partial charge >= 0.3 is 0 Å². The first-order valence-corrected chi connectivity index (χ1v) is 7.69. The molecule has 5 heteroatoms. The number of nitrogens with zero attached hydrogens (tertiary/aromatic N) is 1. The van der Waals surface area contributed by atoms with E-state index in [0.717, 1.165) is 27.9 Å². The van der Waals surface area contributed by atoms with Crippen LogP contribution in [0.5, 0.6) is 0 Å². The monoisotopic (exact) mass is 360 g/mol. The molecule has 1 aromatic rings. The zero-order valence-electron chi connectivity index (χ0n) is 10.4. The number of halogens is 1. The Labute approximate surface area is 120 Å². The normalized spacial score (nSPS) is 21.0. The second-order valence-electron chi connectivity index (χ2n) is 5.14. The lowest BCUT2D eigenvalue weighted by molar-refractivity contribution is 0.0396. The number of rotatable bonds is 5. The zero-order chi connectivity index (χ0) is 12.7. The summed E-state index contributed by atoms with van der Waals surface area (Å²) in [6.07, 6.45) is 4.67. The van der Waals surface area contributed by atoms with E-state index >= 15 is 0 Å². The SMILES string of the molecule is CCOC(c1nc(C2CC2)c(I)c(=O)[nH]1)C1CC1. The molecule has 2 aliphatic carbocycles. The van der Waals surface area contributed by atoms with Crippen LogP contribution in [-0.4, -0.2) is 16.6 Å². The lowest BCUT2D eigenvalue weighted by Crippen LogP contribution is -2.22. The lowest BCUT2D eigenvalue weighted by atomic mass is 10.2. The fourth-order valence-electron chi connectivity index (χ4n) is 2.27. The fraction of sp³-hybridized carbons (Fsp3) is 0.692. The summed E-state index contributed by atoms with van der Waals surface area (Å²) in [7, 11) is 0. The largest absolute Gasteiger partial charge is 0.370 e. The average molecular weight is 360 g/mol. The third kappa shape index (κ3) is 2.47. The molecule has 1 aromatic heterocycles. The smallest absolute Gasteiger partial charge is 0.264 e. The first-order chi connectivity index (χ1) is 8.70. The molecule has 18 heavy (non-hydrogen) atoms. The topological polar surface area (TPSA) is 55.0 Å². The molecule has 4 nitrogen and oxygen atoms in total. The Morgan fingerprint density at radius 3 is 2.72 bits per heavy atom. The van der Waals surface area contributed by atoms with Gasteiger partial charge in [0.15, 0.2) is 0 Å². The molecule has 0 spiro atoms. The Hall–Kier alpha value is -0.430. The highest BCUT2D eigenvalue weighted by Gasteiger charge is 2.36. The molecule has 1 N–H and O–H groups in total. The van der Waals surface area contributed by atoms with Gasteiger partial charge in [0.2, 0.25) is 0 Å². The number of aromatic amines is 1. The minimum atomic E-state index is -0.0165. The molecule has 98 valence electrons. The average Bonchev–Trinajstić information content (AvgIpc) is 3.21. The molecule has 2 fully saturated rings. The molecule has 0 aromatic carbocycles. The van der Waals surface area contributed by atoms with E-state index in [9.17, 15) is 4.79 Å². The van der Waals surface area contributed by atoms with E-state index in [1.54, 1.807) is 0 Å². The van der Waals surface area contributed by atoms with E-state index in [0.29, 0.717) is 18.4 Å². The second kappa shape index (κ2) is 4.92. The summed E-state index contributed by atoms with van der Waals surface area (Å²) >= 11 is 2.11. The van der Waals surface area contributed by atoms with Crippen LogP contribution in [0, 0.1) is 9.49 Å². The van der Waals surface area contributed by atoms with Gasteiger partial charge in [-0.3, -0.25) is 4.79 Å². The van der Waals surface area contributed by atoms with Crippen molar-refractivity contribution in [2.24, 2.45) is 5.92 Å². The highest BCUT2D eigenvalue weighted by molar-refractivity contribution is 14.1. The number of hydrogen-bond donors (Lipinski definition) is 1. The summed E-state index contributed by atoms with van der Waals surface area (Å²) in [6.45, 7) is 2.65. The molecule has 3 rings (SSSR count). The molecule has 1 unspecified atom stereocenters. The van der Waals surface area contributed by atoms with E-state index in [4.69, 9.17) is 4.74 Å². The standard InChI is InChI=1S/C13H17IN2O2/c1-2-18-11(8-5-6-8)12-15-10(7-3-4-7)9(14)13(17)16-12/h7-8,11H,2-6H2,1H3,(H,15,16,17). The molecule has 1 atom stereocenters. The van der Waals surface area contributed by atoms with Gasteiger partial charge in [0.05, 0.1) is 9.26 Å². The first kappa shape index (κ1) is 12.6. The number of ether oxygens (including phenoxy) is 1. The third-order valence-electron chi connectivity index (χ3n) is 3.54. The van der Waals surface area contributed by atoms with Crippen molar-refractivity contribution in [1.29, 1.82) is 0 Å². The molecule has 2 aliphatic rings. The quantitative estimate of drug-likeness (QED) is 0.822. The van der Waals surface area contributed by atoms with Crippen LogP contribution in [0.15, 0.2) is 4.79 Å². The number of aromatic nitrogens is 2. The maximum atomic E-state index is 12.0. The minimum Gasteiger partial charge on any atom is -0.370 e. The predicted octanol–water partition coefficient (Wildman–Crippen LogP) is 2.74. The molecule has 0 radical (unpaired) electrons. The van der Waals surface area contributed by atoms with Crippen molar-refractivity contribution in [3.63, 3.8) is 0 Å². The van der Waals surface area contributed by atoms with Crippen LogP contribution < -0.4 is 5.56 Å². The van der Waals surface area contributed by atoms with Crippen molar-refractivity contribution >= 4 is 22.6 Å². The van der Waals surface area contributed by atoms with Crippen LogP contribution in [0.3, 0.4) is 0 Å². The van der Waals surface area contributed by atoms with Crippen LogP contribution in [-0.2, 0) is 4.74 Å². The highest BCUT2D eigenvalue weighted by atomic mass is 127. The molecule has 0 bridgehead atoms. The van der Waals surface area contributed by atoms with Gasteiger partial charge in [-0.05, 0) is 61.1 Å². The second-order valence-corrected chi connectivity index (χ2v) is 6.22. The van der Waals surface area contributed by atoms with Crippen molar-refractivity contribution in [3.8, 4) is 0 Å². The minimum absolute atomic E-state index is 0.00662. The molecule has 0 saturated heterocycles. The van der Waals surface area contributed by atoms with E-state index in [1.807, 2.05) is 6.92 Å². The maximum Gasteiger partial charge on any atom is 0.264 e. The van der Waals surface area contributed by atoms with Crippen LogP contribution in [0.1, 0.15) is 56.1 Å². The number of H-pyrrole nitrogens is 1. The van der Waals surface area contributed by atoms with Crippen molar-refractivity contribution in [2.45, 2.75) is 44.6 Å². The predicted molar refractivity (Wildman–Crippen MR) is 76.6 cm³/mol. The Morgan fingerprint density at radius 1 is 1.44 bits per heavy atom. The van der Waals surface area contributed by atoms with Gasteiger partial charge in [-0.25, -0.2) is 4.98 Å². The molecular weight excluding hydrogens is 343 g/mol. The molecule has 0 amide bonds. The first-order valence-electron chi connectivity index (χ1n) is 6.62. The van der Waals surface area contributed by atoms with E-state index < -0.39 is 0 Å². The Morgan fingerprint density at radius 2 is 2.17 bits per heavy atom. The number of nitrogens with one attached hydrogen (secondary N) is 1. The molecule has 1 heterocycles. The van der Waals surface area contributed by atoms with Crippen molar-refractivity contribution in [2.75, 3.05) is 6.61 Å². The zero-order valence-corrected chi connectivity index (χ0v) is 12.6. The molecule has 2 saturated carbocycles. The Balaban J connectivity index is 1.97. The van der Waals surface area contributed by atoms with Gasteiger partial charge in [0, 0.05) is 12.5 Å². The summed E-state index contributed by atoms with van der Waals surface area (Å²) < 4.78 is 6.52. The summed E-state index contributed by atoms with van der Waals surface area (Å²) in [5.74, 6) is 1.78. The van der Waals surface area contributed by atoms with Gasteiger partial charge in [-0.2, -0.15) is 0 Å². The summed E-state index contributed by atoms with van der Waals surface area (Å²) in [4.78, 5) is 19.6. The van der Waals surface area contributed by atoms with Crippen molar-refractivity contribution < 1.29 is 4.74 Å². The van der Waals surface area contributed by atoms with E-state index in [1.165, 1.54) is 12.8 Å². The van der Waals surface area contributed by atoms with Gasteiger partial charge in [0.25, 0.3) is 5.56 Å². The van der Waals surface area contributed by atoms with Crippen LogP contribution >= 0.6 is 22.6 Å². The highest BCUT2D eigenvalue weighted by Crippen LogP contribution is 2.44. The van der Waals surface area contributed by atoms with Crippen LogP contribution in [0.4, 0.5) is 0 Å². The van der Waals surface area contributed by atoms with Crippen molar-refractivity contribution in [1.82, 2.24) is 9.97 Å². The summed E-state index contributed by atoms with van der Waals surface area (Å²) in [6, 6.07) is 0. The third-order valence-corrected chi connectivity index (χ3v) is 4.58. The van der Waals surface area contributed by atoms with E-state index in [-0.39, 0.29) is 11.7 Å². The molecular formula is C13H17IN2O2. The van der Waals surface area contributed by atoms with Gasteiger partial charge in [-0.1, -0.05) is 0 Å². The summed E-state index contributed by atoms with van der Waals surface area (Å²) in [5, 5.41) is 0. The van der Waals surface area contributed by atoms with E-state index in [2.05, 4.69) is 32.6 Å². The molecule has 0 aliphatic heterocycles. The number of hydrogen-bond acceptors (Lipinski definition) is 3. The lowest BCUT2D eigenvalue weighted by Gasteiger charge is -2.16. The summed E-state index contributed by atoms with van der Waals surface area (Å²) in [5.41, 5.74) is 0.979. The van der Waals surface area contributed by atoms with Gasteiger partial charge in [0.1, 0.15) is 11.9 Å². The van der Waals surface area contributed by atoms with Gasteiger partial charge < -0.3 is 9.72 Å². The maximum absolute atomic E-state index is 12.0. The van der Waals surface area contributed by atoms with Gasteiger partial charge in [-0.15, -0.1) is 0 Å². The van der Waals surface area contributed by atoms with Crippen LogP contribution in [0.25, 0.3) is 0 Å². The van der Waals surface area contributed by atoms with Crippen molar-refractivity contribution in [3.05, 3.63) is 25.4 Å². The Kier molecular flexibility index (Phi) is 3.44. The fourth-order valence-corrected chi connectivity index (χ4v) is 2.97.